The Morgan fingerprint density at radius 3 is 2.88 bits per heavy atom. The average molecular weight is 328 g/mol. The molecule has 1 saturated carbocycles. The van der Waals surface area contributed by atoms with Crippen molar-refractivity contribution in [1.29, 1.82) is 0 Å². The van der Waals surface area contributed by atoms with E-state index in [1.165, 1.54) is 12.8 Å². The first-order valence-electron chi connectivity index (χ1n) is 8.37. The van der Waals surface area contributed by atoms with E-state index in [1.54, 1.807) is 13.3 Å². The van der Waals surface area contributed by atoms with E-state index >= 15 is 0 Å². The number of rotatable bonds is 8. The van der Waals surface area contributed by atoms with Gasteiger partial charge in [0, 0.05) is 25.8 Å². The molecule has 2 N–H and O–H groups in total. The Morgan fingerprint density at radius 1 is 1.29 bits per heavy atom. The maximum absolute atomic E-state index is 5.59. The van der Waals surface area contributed by atoms with Gasteiger partial charge in [0.2, 0.25) is 5.89 Å². The second kappa shape index (κ2) is 8.49. The molecule has 128 valence electrons. The lowest BCUT2D eigenvalue weighted by atomic mass is 10.2. The summed E-state index contributed by atoms with van der Waals surface area (Å²) < 4.78 is 11.1. The fourth-order valence-corrected chi connectivity index (χ4v) is 2.27. The van der Waals surface area contributed by atoms with Gasteiger partial charge in [-0.25, -0.2) is 4.98 Å². The minimum atomic E-state index is 0.555. The van der Waals surface area contributed by atoms with Crippen LogP contribution in [0.15, 0.2) is 46.0 Å². The van der Waals surface area contributed by atoms with E-state index < -0.39 is 0 Å². The smallest absolute Gasteiger partial charge is 0.226 e. The van der Waals surface area contributed by atoms with Crippen LogP contribution in [0.3, 0.4) is 0 Å². The van der Waals surface area contributed by atoms with Crippen molar-refractivity contribution in [3.05, 3.63) is 42.3 Å². The predicted molar refractivity (Wildman–Crippen MR) is 93.7 cm³/mol. The topological polar surface area (TPSA) is 71.7 Å². The van der Waals surface area contributed by atoms with E-state index in [4.69, 9.17) is 9.15 Å². The van der Waals surface area contributed by atoms with Crippen molar-refractivity contribution in [3.8, 4) is 11.5 Å². The number of aliphatic imine (C=N–C) groups is 1. The van der Waals surface area contributed by atoms with Gasteiger partial charge in [-0.1, -0.05) is 18.2 Å². The van der Waals surface area contributed by atoms with E-state index in [2.05, 4.69) is 20.6 Å². The van der Waals surface area contributed by atoms with Crippen LogP contribution in [0.2, 0.25) is 0 Å². The van der Waals surface area contributed by atoms with Crippen molar-refractivity contribution in [2.75, 3.05) is 26.8 Å². The zero-order chi connectivity index (χ0) is 16.6. The molecule has 1 aliphatic rings. The lowest BCUT2D eigenvalue weighted by Gasteiger charge is -2.10. The molecule has 0 amide bonds. The van der Waals surface area contributed by atoms with Gasteiger partial charge in [-0.05, 0) is 30.9 Å². The van der Waals surface area contributed by atoms with E-state index in [0.29, 0.717) is 19.0 Å². The van der Waals surface area contributed by atoms with Crippen LogP contribution in [0.5, 0.6) is 0 Å². The van der Waals surface area contributed by atoms with Crippen LogP contribution in [0, 0.1) is 5.92 Å². The standard InChI is InChI=1S/C18H24N4O2/c1-19-18(20-9-10-23-12-14-7-8-14)21-11-16-13-24-17(22-16)15-5-3-2-4-6-15/h2-6,13-14H,7-12H2,1H3,(H2,19,20,21). The van der Waals surface area contributed by atoms with Crippen LogP contribution in [0.4, 0.5) is 0 Å². The Kier molecular flexibility index (Phi) is 5.85. The maximum Gasteiger partial charge on any atom is 0.226 e. The van der Waals surface area contributed by atoms with Crippen LogP contribution in [-0.2, 0) is 11.3 Å². The van der Waals surface area contributed by atoms with Crippen molar-refractivity contribution < 1.29 is 9.15 Å². The van der Waals surface area contributed by atoms with Crippen LogP contribution < -0.4 is 10.6 Å². The van der Waals surface area contributed by atoms with E-state index in [9.17, 15) is 0 Å². The van der Waals surface area contributed by atoms with E-state index in [0.717, 1.165) is 36.3 Å². The largest absolute Gasteiger partial charge is 0.444 e. The lowest BCUT2D eigenvalue weighted by Crippen LogP contribution is -2.38. The molecule has 0 bridgehead atoms. The highest BCUT2D eigenvalue weighted by molar-refractivity contribution is 5.79. The summed E-state index contributed by atoms with van der Waals surface area (Å²) >= 11 is 0. The molecule has 1 fully saturated rings. The van der Waals surface area contributed by atoms with Crippen molar-refractivity contribution in [2.45, 2.75) is 19.4 Å². The van der Waals surface area contributed by atoms with Crippen LogP contribution in [-0.4, -0.2) is 37.7 Å². The summed E-state index contributed by atoms with van der Waals surface area (Å²) in [5.41, 5.74) is 1.81. The van der Waals surface area contributed by atoms with Crippen LogP contribution in [0.25, 0.3) is 11.5 Å². The molecule has 6 nitrogen and oxygen atoms in total. The molecule has 1 heterocycles. The zero-order valence-corrected chi connectivity index (χ0v) is 14.0. The number of nitrogens with zero attached hydrogens (tertiary/aromatic N) is 2. The summed E-state index contributed by atoms with van der Waals surface area (Å²) in [7, 11) is 1.75. The minimum absolute atomic E-state index is 0.555. The van der Waals surface area contributed by atoms with Gasteiger partial charge in [0.05, 0.1) is 18.8 Å². The van der Waals surface area contributed by atoms with Gasteiger partial charge >= 0.3 is 0 Å². The second-order valence-corrected chi connectivity index (χ2v) is 5.88. The third-order valence-corrected chi connectivity index (χ3v) is 3.82. The Morgan fingerprint density at radius 2 is 2.12 bits per heavy atom. The van der Waals surface area contributed by atoms with Gasteiger partial charge in [0.1, 0.15) is 6.26 Å². The number of hydrogen-bond acceptors (Lipinski definition) is 4. The molecular formula is C18H24N4O2. The maximum atomic E-state index is 5.59. The molecule has 1 aromatic heterocycles. The molecule has 2 aromatic rings. The molecule has 0 spiro atoms. The first-order valence-corrected chi connectivity index (χ1v) is 8.37. The van der Waals surface area contributed by atoms with Crippen molar-refractivity contribution in [1.82, 2.24) is 15.6 Å². The fraction of sp³-hybridized carbons (Fsp3) is 0.444. The molecule has 0 aliphatic heterocycles. The molecule has 1 aliphatic carbocycles. The fourth-order valence-electron chi connectivity index (χ4n) is 2.27. The third kappa shape index (κ3) is 5.09. The molecular weight excluding hydrogens is 304 g/mol. The third-order valence-electron chi connectivity index (χ3n) is 3.82. The summed E-state index contributed by atoms with van der Waals surface area (Å²) in [6.45, 7) is 2.87. The molecule has 24 heavy (non-hydrogen) atoms. The molecule has 0 atom stereocenters. The summed E-state index contributed by atoms with van der Waals surface area (Å²) in [5.74, 6) is 2.16. The van der Waals surface area contributed by atoms with Gasteiger partial charge in [-0.15, -0.1) is 0 Å². The van der Waals surface area contributed by atoms with Gasteiger partial charge in [-0.2, -0.15) is 0 Å². The molecule has 0 unspecified atom stereocenters. The lowest BCUT2D eigenvalue weighted by molar-refractivity contribution is 0.129. The Bertz CT molecular complexity index is 650. The van der Waals surface area contributed by atoms with Gasteiger partial charge in [0.25, 0.3) is 0 Å². The number of hydrogen-bond donors (Lipinski definition) is 2. The monoisotopic (exact) mass is 328 g/mol. The van der Waals surface area contributed by atoms with E-state index in [1.807, 2.05) is 30.3 Å². The number of aromatic nitrogens is 1. The summed E-state index contributed by atoms with van der Waals surface area (Å²) in [6, 6.07) is 9.86. The van der Waals surface area contributed by atoms with Gasteiger partial charge in [-0.3, -0.25) is 4.99 Å². The average Bonchev–Trinajstić information content (AvgIpc) is 3.33. The SMILES string of the molecule is CN=C(NCCOCC1CC1)NCc1coc(-c2ccccc2)n1. The van der Waals surface area contributed by atoms with E-state index in [-0.39, 0.29) is 0 Å². The molecule has 6 heteroatoms. The zero-order valence-electron chi connectivity index (χ0n) is 14.0. The Labute approximate surface area is 142 Å². The van der Waals surface area contributed by atoms with Crippen LogP contribution in [0.1, 0.15) is 18.5 Å². The molecule has 1 aromatic carbocycles. The molecule has 3 rings (SSSR count). The van der Waals surface area contributed by atoms with Crippen molar-refractivity contribution in [3.63, 3.8) is 0 Å². The highest BCUT2D eigenvalue weighted by Crippen LogP contribution is 2.28. The molecule has 0 saturated heterocycles. The quantitative estimate of drug-likeness (QED) is 0.442. The number of guanidine groups is 1. The first kappa shape index (κ1) is 16.5. The summed E-state index contributed by atoms with van der Waals surface area (Å²) in [6.07, 6.45) is 4.31. The first-order chi connectivity index (χ1) is 11.8. The number of oxazole rings is 1. The Hall–Kier alpha value is -2.34. The second-order valence-electron chi connectivity index (χ2n) is 5.88. The number of ether oxygens (including phenoxy) is 1. The minimum Gasteiger partial charge on any atom is -0.444 e. The van der Waals surface area contributed by atoms with Crippen molar-refractivity contribution >= 4 is 5.96 Å². The van der Waals surface area contributed by atoms with Crippen LogP contribution >= 0.6 is 0 Å². The Balaban J connectivity index is 1.39. The number of nitrogens with one attached hydrogen (secondary N) is 2. The van der Waals surface area contributed by atoms with Crippen molar-refractivity contribution in [2.24, 2.45) is 10.9 Å². The number of benzene rings is 1. The summed E-state index contributed by atoms with van der Waals surface area (Å²) in [4.78, 5) is 8.68. The highest BCUT2D eigenvalue weighted by atomic mass is 16.5. The highest BCUT2D eigenvalue weighted by Gasteiger charge is 2.20. The van der Waals surface area contributed by atoms with Gasteiger partial charge in [0.15, 0.2) is 5.96 Å². The molecule has 0 radical (unpaired) electrons. The van der Waals surface area contributed by atoms with Gasteiger partial charge < -0.3 is 19.8 Å². The summed E-state index contributed by atoms with van der Waals surface area (Å²) in [5, 5.41) is 6.45. The predicted octanol–water partition coefficient (Wildman–Crippen LogP) is 2.43. The normalized spacial score (nSPS) is 14.6.